The number of aromatic nitrogens is 1. The number of aryl methyl sites for hydroxylation is 2. The van der Waals surface area contributed by atoms with Crippen LogP contribution < -0.4 is 10.0 Å². The van der Waals surface area contributed by atoms with E-state index in [4.69, 9.17) is 0 Å². The van der Waals surface area contributed by atoms with Crippen molar-refractivity contribution in [1.29, 1.82) is 0 Å². The first kappa shape index (κ1) is 19.5. The Labute approximate surface area is 166 Å². The lowest BCUT2D eigenvalue weighted by Gasteiger charge is -2.13. The lowest BCUT2D eigenvalue weighted by atomic mass is 10.2. The molecule has 0 bridgehead atoms. The van der Waals surface area contributed by atoms with E-state index in [1.807, 2.05) is 38.3 Å². The molecule has 2 aromatic heterocycles. The Hall–Kier alpha value is -2.23. The molecule has 0 radical (unpaired) electrons. The van der Waals surface area contributed by atoms with Crippen molar-refractivity contribution in [2.24, 2.45) is 0 Å². The van der Waals surface area contributed by atoms with Crippen LogP contribution in [0.1, 0.15) is 38.9 Å². The number of amides is 1. The maximum absolute atomic E-state index is 12.7. The number of carbonyl (C=O) groups excluding carboxylic acids is 1. The fraction of sp³-hybridized carbons (Fsp3) is 0.222. The molecule has 0 fully saturated rings. The summed E-state index contributed by atoms with van der Waals surface area (Å²) in [5.74, 6) is -0.438. The molecule has 1 unspecified atom stereocenters. The predicted octanol–water partition coefficient (Wildman–Crippen LogP) is 4.11. The minimum Gasteiger partial charge on any atom is -0.343 e. The highest BCUT2D eigenvalue weighted by Gasteiger charge is 2.25. The minimum atomic E-state index is -3.87. The summed E-state index contributed by atoms with van der Waals surface area (Å²) in [5, 5.41) is 7.20. The Balaban J connectivity index is 1.79. The molecule has 3 rings (SSSR count). The lowest BCUT2D eigenvalue weighted by Crippen LogP contribution is -2.28. The number of nitrogens with zero attached hydrogens (tertiary/aromatic N) is 1. The molecule has 0 aliphatic carbocycles. The van der Waals surface area contributed by atoms with Gasteiger partial charge in [0.2, 0.25) is 0 Å². The quantitative estimate of drug-likeness (QED) is 0.627. The highest BCUT2D eigenvalue weighted by atomic mass is 32.2. The number of sulfonamides is 1. The molecule has 9 heteroatoms. The molecule has 2 heterocycles. The molecule has 0 spiro atoms. The van der Waals surface area contributed by atoms with Gasteiger partial charge in [0.15, 0.2) is 0 Å². The fourth-order valence-corrected chi connectivity index (χ4v) is 5.52. The van der Waals surface area contributed by atoms with Crippen molar-refractivity contribution in [1.82, 2.24) is 10.3 Å². The van der Waals surface area contributed by atoms with Crippen LogP contribution in [0.15, 0.2) is 46.0 Å². The van der Waals surface area contributed by atoms with Crippen molar-refractivity contribution < 1.29 is 13.2 Å². The average molecular weight is 422 g/mol. The van der Waals surface area contributed by atoms with Crippen LogP contribution in [0.25, 0.3) is 0 Å². The van der Waals surface area contributed by atoms with Crippen LogP contribution in [-0.4, -0.2) is 19.3 Å². The van der Waals surface area contributed by atoms with Gasteiger partial charge in [-0.25, -0.2) is 13.4 Å². The molecule has 0 aliphatic heterocycles. The van der Waals surface area contributed by atoms with Gasteiger partial charge in [0, 0.05) is 11.1 Å². The number of hydrogen-bond acceptors (Lipinski definition) is 6. The van der Waals surface area contributed by atoms with E-state index in [1.54, 1.807) is 17.5 Å². The Kier molecular flexibility index (Phi) is 5.64. The van der Waals surface area contributed by atoms with E-state index in [1.165, 1.54) is 17.4 Å². The second-order valence-corrected chi connectivity index (χ2v) is 9.70. The molecule has 6 nitrogen and oxygen atoms in total. The largest absolute Gasteiger partial charge is 0.343 e. The van der Waals surface area contributed by atoms with Crippen LogP contribution in [0.4, 0.5) is 5.69 Å². The van der Waals surface area contributed by atoms with Gasteiger partial charge in [0.25, 0.3) is 15.9 Å². The highest BCUT2D eigenvalue weighted by molar-refractivity contribution is 7.93. The molecule has 0 aliphatic rings. The summed E-state index contributed by atoms with van der Waals surface area (Å²) in [4.78, 5) is 17.1. The topological polar surface area (TPSA) is 88.2 Å². The van der Waals surface area contributed by atoms with E-state index in [0.29, 0.717) is 5.69 Å². The van der Waals surface area contributed by atoms with Crippen LogP contribution in [0.5, 0.6) is 0 Å². The molecule has 0 saturated carbocycles. The second-order valence-electron chi connectivity index (χ2n) is 6.07. The summed E-state index contributed by atoms with van der Waals surface area (Å²) in [6.07, 6.45) is 0. The summed E-state index contributed by atoms with van der Waals surface area (Å²) < 4.78 is 28.0. The van der Waals surface area contributed by atoms with Gasteiger partial charge in [-0.05, 0) is 44.4 Å². The van der Waals surface area contributed by atoms with Gasteiger partial charge in [-0.1, -0.05) is 17.7 Å². The van der Waals surface area contributed by atoms with Gasteiger partial charge < -0.3 is 5.32 Å². The maximum Gasteiger partial charge on any atom is 0.263 e. The van der Waals surface area contributed by atoms with Gasteiger partial charge in [-0.2, -0.15) is 0 Å². The van der Waals surface area contributed by atoms with E-state index < -0.39 is 15.9 Å². The van der Waals surface area contributed by atoms with Crippen molar-refractivity contribution in [3.63, 3.8) is 0 Å². The molecule has 0 saturated heterocycles. The molecule has 1 aromatic carbocycles. The zero-order valence-electron chi connectivity index (χ0n) is 15.0. The zero-order chi connectivity index (χ0) is 19.6. The Morgan fingerprint density at radius 1 is 1.11 bits per heavy atom. The third kappa shape index (κ3) is 4.55. The van der Waals surface area contributed by atoms with Gasteiger partial charge >= 0.3 is 0 Å². The van der Waals surface area contributed by atoms with Crippen molar-refractivity contribution >= 4 is 44.3 Å². The number of thiazole rings is 1. The number of carbonyl (C=O) groups is 1. The molecule has 27 heavy (non-hydrogen) atoms. The number of thiophene rings is 1. The van der Waals surface area contributed by atoms with Gasteiger partial charge in [-0.15, -0.1) is 22.7 Å². The highest BCUT2D eigenvalue weighted by Crippen LogP contribution is 2.26. The summed E-state index contributed by atoms with van der Waals surface area (Å²) in [6.45, 7) is 5.63. The van der Waals surface area contributed by atoms with Crippen molar-refractivity contribution in [3.05, 3.63) is 62.2 Å². The van der Waals surface area contributed by atoms with Gasteiger partial charge in [0.1, 0.15) is 9.77 Å². The van der Waals surface area contributed by atoms with E-state index in [0.717, 1.165) is 27.6 Å². The summed E-state index contributed by atoms with van der Waals surface area (Å²) in [6, 6.07) is 8.13. The van der Waals surface area contributed by atoms with Crippen LogP contribution >= 0.6 is 22.7 Å². The molecule has 1 amide bonds. The predicted molar refractivity (Wildman–Crippen MR) is 109 cm³/mol. The van der Waals surface area contributed by atoms with Crippen LogP contribution in [0, 0.1) is 13.8 Å². The summed E-state index contributed by atoms with van der Waals surface area (Å²) in [7, 11) is -3.87. The number of hydrogen-bond donors (Lipinski definition) is 2. The number of nitrogens with one attached hydrogen (secondary N) is 2. The number of benzene rings is 1. The smallest absolute Gasteiger partial charge is 0.263 e. The van der Waals surface area contributed by atoms with Gasteiger partial charge in [0.05, 0.1) is 16.7 Å². The first-order chi connectivity index (χ1) is 12.8. The molecule has 1 atom stereocenters. The molecule has 3 aromatic rings. The fourth-order valence-electron chi connectivity index (χ4n) is 2.42. The maximum atomic E-state index is 12.7. The van der Waals surface area contributed by atoms with Crippen molar-refractivity contribution in [2.75, 3.05) is 4.72 Å². The normalized spacial score (nSPS) is 12.6. The molecule has 142 valence electrons. The first-order valence-electron chi connectivity index (χ1n) is 8.16. The van der Waals surface area contributed by atoms with E-state index in [9.17, 15) is 13.2 Å². The lowest BCUT2D eigenvalue weighted by molar-refractivity contribution is 0.0940. The van der Waals surface area contributed by atoms with E-state index in [-0.39, 0.29) is 15.8 Å². The van der Waals surface area contributed by atoms with Crippen LogP contribution in [0.2, 0.25) is 0 Å². The van der Waals surface area contributed by atoms with Crippen LogP contribution in [0.3, 0.4) is 0 Å². The second kappa shape index (κ2) is 7.79. The first-order valence-corrected chi connectivity index (χ1v) is 11.4. The number of anilines is 1. The molecule has 2 N–H and O–H groups in total. The van der Waals surface area contributed by atoms with Gasteiger partial charge in [-0.3, -0.25) is 9.52 Å². The van der Waals surface area contributed by atoms with E-state index >= 15 is 0 Å². The Bertz CT molecular complexity index is 1050. The third-order valence-electron chi connectivity index (χ3n) is 3.86. The van der Waals surface area contributed by atoms with Crippen LogP contribution in [-0.2, 0) is 10.0 Å². The molecular formula is C18H19N3O3S3. The summed E-state index contributed by atoms with van der Waals surface area (Å²) >= 11 is 2.59. The monoisotopic (exact) mass is 421 g/mol. The average Bonchev–Trinajstić information content (AvgIpc) is 3.26. The SMILES string of the molecule is Cc1ccc(NS(=O)(=O)c2ccsc2C(=O)NC(C)c2csc(C)n2)cc1. The standard InChI is InChI=1S/C18H19N3O3S3/c1-11-4-6-14(7-5-11)21-27(23,24)16-8-9-25-17(16)18(22)19-12(2)15-10-26-13(3)20-15/h4-10,12,21H,1-3H3,(H,19,22). The Morgan fingerprint density at radius 2 is 1.81 bits per heavy atom. The van der Waals surface area contributed by atoms with Crippen molar-refractivity contribution in [2.45, 2.75) is 31.7 Å². The zero-order valence-corrected chi connectivity index (χ0v) is 17.5. The minimum absolute atomic E-state index is 0.0350. The number of rotatable bonds is 6. The molecular weight excluding hydrogens is 402 g/mol. The van der Waals surface area contributed by atoms with E-state index in [2.05, 4.69) is 15.0 Å². The summed E-state index contributed by atoms with van der Waals surface area (Å²) in [5.41, 5.74) is 2.23. The van der Waals surface area contributed by atoms with Crippen molar-refractivity contribution in [3.8, 4) is 0 Å². The Morgan fingerprint density at radius 3 is 2.44 bits per heavy atom. The third-order valence-corrected chi connectivity index (χ3v) is 7.11.